The molecule has 0 saturated carbocycles. The summed E-state index contributed by atoms with van der Waals surface area (Å²) in [6.07, 6.45) is -1.88. The van der Waals surface area contributed by atoms with E-state index in [4.69, 9.17) is 9.84 Å². The lowest BCUT2D eigenvalue weighted by atomic mass is 10.0. The van der Waals surface area contributed by atoms with Gasteiger partial charge in [0.05, 0.1) is 7.11 Å². The van der Waals surface area contributed by atoms with Crippen LogP contribution in [0.1, 0.15) is 17.2 Å². The molecule has 0 aromatic heterocycles. The third-order valence-corrected chi connectivity index (χ3v) is 2.02. The van der Waals surface area contributed by atoms with E-state index in [1.54, 1.807) is 0 Å². The number of carbonyl (C=O) groups is 1. The minimum Gasteiger partial charge on any atom is -0.497 e. The Hall–Kier alpha value is -1.62. The normalized spacial score (nSPS) is 12.3. The number of halogens is 1. The fourth-order valence-corrected chi connectivity index (χ4v) is 1.21. The van der Waals surface area contributed by atoms with Crippen molar-refractivity contribution in [2.24, 2.45) is 0 Å². The molecule has 2 N–H and O–H groups in total. The Balaban J connectivity index is 3.27. The van der Waals surface area contributed by atoms with Crippen LogP contribution in [0, 0.1) is 12.7 Å². The summed E-state index contributed by atoms with van der Waals surface area (Å²) >= 11 is 0. The maximum Gasteiger partial charge on any atom is 0.337 e. The van der Waals surface area contributed by atoms with Crippen LogP contribution in [-0.2, 0) is 4.79 Å². The van der Waals surface area contributed by atoms with Gasteiger partial charge in [-0.1, -0.05) is 0 Å². The summed E-state index contributed by atoms with van der Waals surface area (Å²) in [6.45, 7) is 1.47. The fraction of sp³-hybridized carbons (Fsp3) is 0.300. The standard InChI is InChI=1S/C10H11FO4/c1-5-3-6(15-2)4-7(8(5)11)9(12)10(13)14/h3-4,9,12H,1-2H3,(H,13,14). The highest BCUT2D eigenvalue weighted by molar-refractivity contribution is 5.74. The first kappa shape index (κ1) is 11.5. The molecule has 0 radical (unpaired) electrons. The van der Waals surface area contributed by atoms with Crippen LogP contribution in [0.3, 0.4) is 0 Å². The number of ether oxygens (including phenoxy) is 1. The van der Waals surface area contributed by atoms with Gasteiger partial charge in [-0.3, -0.25) is 0 Å². The summed E-state index contributed by atoms with van der Waals surface area (Å²) < 4.78 is 18.3. The minimum atomic E-state index is -1.88. The maximum absolute atomic E-state index is 13.4. The van der Waals surface area contributed by atoms with Crippen LogP contribution in [0.5, 0.6) is 5.75 Å². The van der Waals surface area contributed by atoms with Gasteiger partial charge >= 0.3 is 5.97 Å². The summed E-state index contributed by atoms with van der Waals surface area (Å²) in [4.78, 5) is 10.5. The van der Waals surface area contributed by atoms with E-state index in [-0.39, 0.29) is 11.1 Å². The van der Waals surface area contributed by atoms with E-state index in [9.17, 15) is 14.3 Å². The van der Waals surface area contributed by atoms with Gasteiger partial charge in [0, 0.05) is 5.56 Å². The summed E-state index contributed by atoms with van der Waals surface area (Å²) in [5.41, 5.74) is -0.0657. The number of hydrogen-bond acceptors (Lipinski definition) is 3. The van der Waals surface area contributed by atoms with Crippen molar-refractivity contribution in [1.29, 1.82) is 0 Å². The zero-order valence-corrected chi connectivity index (χ0v) is 8.32. The quantitative estimate of drug-likeness (QED) is 0.794. The number of carboxylic acids is 1. The summed E-state index contributed by atoms with van der Waals surface area (Å²) in [6, 6.07) is 2.59. The molecule has 1 unspecified atom stereocenters. The van der Waals surface area contributed by atoms with Crippen LogP contribution in [-0.4, -0.2) is 23.3 Å². The van der Waals surface area contributed by atoms with E-state index in [2.05, 4.69) is 0 Å². The molecule has 0 heterocycles. The van der Waals surface area contributed by atoms with Crippen molar-refractivity contribution in [2.75, 3.05) is 7.11 Å². The Morgan fingerprint density at radius 1 is 1.53 bits per heavy atom. The van der Waals surface area contributed by atoms with Gasteiger partial charge in [0.15, 0.2) is 6.10 Å². The smallest absolute Gasteiger partial charge is 0.337 e. The Kier molecular flexibility index (Phi) is 3.26. The fourth-order valence-electron chi connectivity index (χ4n) is 1.21. The van der Waals surface area contributed by atoms with Crippen LogP contribution < -0.4 is 4.74 Å². The zero-order chi connectivity index (χ0) is 11.6. The molecule has 82 valence electrons. The molecule has 15 heavy (non-hydrogen) atoms. The van der Waals surface area contributed by atoms with Crippen molar-refractivity contribution in [3.8, 4) is 5.75 Å². The first-order valence-corrected chi connectivity index (χ1v) is 4.22. The average molecular weight is 214 g/mol. The second kappa shape index (κ2) is 4.27. The highest BCUT2D eigenvalue weighted by Crippen LogP contribution is 2.25. The predicted molar refractivity (Wildman–Crippen MR) is 50.3 cm³/mol. The Bertz CT molecular complexity index is 389. The molecule has 0 aliphatic rings. The van der Waals surface area contributed by atoms with Crippen LogP contribution >= 0.6 is 0 Å². The van der Waals surface area contributed by atoms with Crippen molar-refractivity contribution in [3.05, 3.63) is 29.1 Å². The van der Waals surface area contributed by atoms with Gasteiger partial charge in [-0.15, -0.1) is 0 Å². The zero-order valence-electron chi connectivity index (χ0n) is 8.32. The van der Waals surface area contributed by atoms with Crippen LogP contribution in [0.2, 0.25) is 0 Å². The number of aryl methyl sites for hydroxylation is 1. The molecule has 1 atom stereocenters. The molecule has 1 rings (SSSR count). The third kappa shape index (κ3) is 2.24. The molecular weight excluding hydrogens is 203 g/mol. The van der Waals surface area contributed by atoms with Crippen molar-refractivity contribution in [3.63, 3.8) is 0 Å². The maximum atomic E-state index is 13.4. The molecule has 1 aromatic rings. The lowest BCUT2D eigenvalue weighted by Gasteiger charge is -2.11. The second-order valence-corrected chi connectivity index (χ2v) is 3.09. The second-order valence-electron chi connectivity index (χ2n) is 3.09. The molecule has 4 nitrogen and oxygen atoms in total. The van der Waals surface area contributed by atoms with E-state index < -0.39 is 17.9 Å². The molecule has 0 spiro atoms. The molecule has 0 aliphatic heterocycles. The first-order valence-electron chi connectivity index (χ1n) is 4.22. The predicted octanol–water partition coefficient (Wildman–Crippen LogP) is 1.26. The van der Waals surface area contributed by atoms with Gasteiger partial charge in [0.25, 0.3) is 0 Å². The number of hydrogen-bond donors (Lipinski definition) is 2. The third-order valence-electron chi connectivity index (χ3n) is 2.02. The molecular formula is C10H11FO4. The molecule has 0 saturated heterocycles. The van der Waals surface area contributed by atoms with Crippen molar-refractivity contribution >= 4 is 5.97 Å². The van der Waals surface area contributed by atoms with Gasteiger partial charge in [0.2, 0.25) is 0 Å². The SMILES string of the molecule is COc1cc(C)c(F)c(C(O)C(=O)O)c1. The van der Waals surface area contributed by atoms with Crippen molar-refractivity contribution in [2.45, 2.75) is 13.0 Å². The number of methoxy groups -OCH3 is 1. The highest BCUT2D eigenvalue weighted by Gasteiger charge is 2.22. The Morgan fingerprint density at radius 3 is 2.60 bits per heavy atom. The van der Waals surface area contributed by atoms with E-state index in [1.165, 1.54) is 26.2 Å². The van der Waals surface area contributed by atoms with Crippen molar-refractivity contribution in [1.82, 2.24) is 0 Å². The Labute approximate surface area is 85.9 Å². The molecule has 0 fully saturated rings. The summed E-state index contributed by atoms with van der Waals surface area (Å²) in [7, 11) is 1.38. The highest BCUT2D eigenvalue weighted by atomic mass is 19.1. The Morgan fingerprint density at radius 2 is 2.13 bits per heavy atom. The molecule has 5 heteroatoms. The van der Waals surface area contributed by atoms with Gasteiger partial charge in [-0.25, -0.2) is 9.18 Å². The largest absolute Gasteiger partial charge is 0.497 e. The van der Waals surface area contributed by atoms with E-state index in [0.29, 0.717) is 5.75 Å². The minimum absolute atomic E-state index is 0.227. The molecule has 0 bridgehead atoms. The van der Waals surface area contributed by atoms with Crippen LogP contribution in [0.4, 0.5) is 4.39 Å². The number of aliphatic carboxylic acids is 1. The molecule has 0 amide bonds. The average Bonchev–Trinajstić information content (AvgIpc) is 2.20. The van der Waals surface area contributed by atoms with Crippen molar-refractivity contribution < 1.29 is 24.1 Å². The summed E-state index contributed by atoms with van der Waals surface area (Å²) in [5, 5.41) is 17.8. The van der Waals surface area contributed by atoms with Crippen LogP contribution in [0.15, 0.2) is 12.1 Å². The van der Waals surface area contributed by atoms with E-state index in [0.717, 1.165) is 0 Å². The molecule has 1 aromatic carbocycles. The van der Waals surface area contributed by atoms with E-state index in [1.807, 2.05) is 0 Å². The van der Waals surface area contributed by atoms with Gasteiger partial charge in [0.1, 0.15) is 11.6 Å². The number of aliphatic hydroxyl groups excluding tert-OH is 1. The number of carboxylic acid groups (broad SMARTS) is 1. The monoisotopic (exact) mass is 214 g/mol. The number of benzene rings is 1. The number of rotatable bonds is 3. The van der Waals surface area contributed by atoms with E-state index >= 15 is 0 Å². The van der Waals surface area contributed by atoms with Gasteiger partial charge < -0.3 is 14.9 Å². The number of aliphatic hydroxyl groups is 1. The lowest BCUT2D eigenvalue weighted by molar-refractivity contribution is -0.147. The first-order chi connectivity index (χ1) is 6.97. The topological polar surface area (TPSA) is 66.8 Å². The van der Waals surface area contributed by atoms with Gasteiger partial charge in [-0.05, 0) is 24.6 Å². The lowest BCUT2D eigenvalue weighted by Crippen LogP contribution is -2.13. The van der Waals surface area contributed by atoms with Gasteiger partial charge in [-0.2, -0.15) is 0 Å². The molecule has 0 aliphatic carbocycles. The summed E-state index contributed by atoms with van der Waals surface area (Å²) in [5.74, 6) is -1.92. The van der Waals surface area contributed by atoms with Crippen LogP contribution in [0.25, 0.3) is 0 Å².